The van der Waals surface area contributed by atoms with Crippen molar-refractivity contribution < 1.29 is 4.74 Å². The molecule has 3 fully saturated rings. The summed E-state index contributed by atoms with van der Waals surface area (Å²) in [7, 11) is 2.25. The summed E-state index contributed by atoms with van der Waals surface area (Å²) in [5, 5.41) is 3.43. The van der Waals surface area contributed by atoms with Gasteiger partial charge in [0.15, 0.2) is 0 Å². The highest BCUT2D eigenvalue weighted by atomic mass is 16.5. The molecule has 3 heterocycles. The van der Waals surface area contributed by atoms with Crippen molar-refractivity contribution in [2.75, 3.05) is 66.1 Å². The number of piperazine rings is 1. The summed E-state index contributed by atoms with van der Waals surface area (Å²) in [5.74, 6) is 0.858. The molecule has 0 aromatic carbocycles. The Morgan fingerprint density at radius 1 is 1.24 bits per heavy atom. The van der Waals surface area contributed by atoms with Gasteiger partial charge in [-0.25, -0.2) is 0 Å². The molecule has 3 aliphatic rings. The van der Waals surface area contributed by atoms with Crippen LogP contribution in [0, 0.1) is 11.3 Å². The summed E-state index contributed by atoms with van der Waals surface area (Å²) >= 11 is 0. The van der Waals surface area contributed by atoms with Crippen molar-refractivity contribution in [3.8, 4) is 0 Å². The third-order valence-corrected chi connectivity index (χ3v) is 4.78. The number of nitrogens with one attached hydrogen (secondary N) is 1. The average molecular weight is 239 g/mol. The molecule has 0 radical (unpaired) electrons. The van der Waals surface area contributed by atoms with E-state index < -0.39 is 0 Å². The first-order valence-corrected chi connectivity index (χ1v) is 6.98. The molecule has 0 bridgehead atoms. The first kappa shape index (κ1) is 11.9. The van der Waals surface area contributed by atoms with Crippen LogP contribution in [0.5, 0.6) is 0 Å². The number of nitrogens with zero attached hydrogens (tertiary/aromatic N) is 2. The van der Waals surface area contributed by atoms with Gasteiger partial charge in [-0.3, -0.25) is 0 Å². The molecule has 0 amide bonds. The van der Waals surface area contributed by atoms with Crippen molar-refractivity contribution in [3.05, 3.63) is 0 Å². The van der Waals surface area contributed by atoms with Crippen molar-refractivity contribution in [2.45, 2.75) is 6.42 Å². The molecule has 1 atom stereocenters. The van der Waals surface area contributed by atoms with Crippen molar-refractivity contribution >= 4 is 0 Å². The Bertz CT molecular complexity index is 261. The number of rotatable bonds is 3. The van der Waals surface area contributed by atoms with Crippen molar-refractivity contribution in [2.24, 2.45) is 11.3 Å². The monoisotopic (exact) mass is 239 g/mol. The largest absolute Gasteiger partial charge is 0.380 e. The number of likely N-dealkylation sites (tertiary alicyclic amines) is 1. The molecular formula is C13H25N3O. The zero-order valence-electron chi connectivity index (χ0n) is 11.0. The SMILES string of the molecule is CN1CCC(C2(CN3CCNCC3)COC2)C1. The van der Waals surface area contributed by atoms with Crippen molar-refractivity contribution in [3.63, 3.8) is 0 Å². The number of ether oxygens (including phenoxy) is 1. The van der Waals surface area contributed by atoms with Crippen LogP contribution in [0.4, 0.5) is 0 Å². The molecule has 0 aromatic rings. The second-order valence-corrected chi connectivity index (χ2v) is 6.13. The molecule has 0 spiro atoms. The van der Waals surface area contributed by atoms with E-state index in [1.54, 1.807) is 0 Å². The fourth-order valence-electron chi connectivity index (χ4n) is 3.57. The van der Waals surface area contributed by atoms with Crippen LogP contribution < -0.4 is 5.32 Å². The molecule has 3 rings (SSSR count). The number of hydrogen-bond donors (Lipinski definition) is 1. The van der Waals surface area contributed by atoms with Gasteiger partial charge in [-0.05, 0) is 25.9 Å². The summed E-state index contributed by atoms with van der Waals surface area (Å²) in [4.78, 5) is 5.11. The molecule has 0 aromatic heterocycles. The molecule has 4 nitrogen and oxygen atoms in total. The summed E-state index contributed by atoms with van der Waals surface area (Å²) in [6.45, 7) is 10.5. The highest BCUT2D eigenvalue weighted by Crippen LogP contribution is 2.41. The molecule has 0 saturated carbocycles. The Morgan fingerprint density at radius 3 is 2.53 bits per heavy atom. The lowest BCUT2D eigenvalue weighted by atomic mass is 9.72. The highest BCUT2D eigenvalue weighted by molar-refractivity contribution is 4.98. The molecule has 1 N–H and O–H groups in total. The average Bonchev–Trinajstić information content (AvgIpc) is 2.72. The highest BCUT2D eigenvalue weighted by Gasteiger charge is 2.48. The van der Waals surface area contributed by atoms with Crippen LogP contribution in [-0.2, 0) is 4.74 Å². The van der Waals surface area contributed by atoms with Crippen molar-refractivity contribution in [1.29, 1.82) is 0 Å². The first-order chi connectivity index (χ1) is 8.28. The summed E-state index contributed by atoms with van der Waals surface area (Å²) < 4.78 is 5.57. The lowest BCUT2D eigenvalue weighted by molar-refractivity contribution is -0.156. The van der Waals surface area contributed by atoms with Crippen LogP contribution in [0.2, 0.25) is 0 Å². The van der Waals surface area contributed by atoms with Gasteiger partial charge in [0.05, 0.1) is 13.2 Å². The van der Waals surface area contributed by atoms with Gasteiger partial charge >= 0.3 is 0 Å². The Hall–Kier alpha value is -0.160. The summed E-state index contributed by atoms with van der Waals surface area (Å²) in [6.07, 6.45) is 1.37. The molecule has 1 unspecified atom stereocenters. The van der Waals surface area contributed by atoms with Crippen LogP contribution in [0.3, 0.4) is 0 Å². The van der Waals surface area contributed by atoms with Gasteiger partial charge in [0.25, 0.3) is 0 Å². The second-order valence-electron chi connectivity index (χ2n) is 6.13. The molecule has 4 heteroatoms. The third-order valence-electron chi connectivity index (χ3n) is 4.78. The maximum atomic E-state index is 5.57. The number of hydrogen-bond acceptors (Lipinski definition) is 4. The van der Waals surface area contributed by atoms with Gasteiger partial charge in [0, 0.05) is 44.7 Å². The molecule has 3 saturated heterocycles. The minimum absolute atomic E-state index is 0.474. The Labute approximate surface area is 104 Å². The maximum absolute atomic E-state index is 5.57. The van der Waals surface area contributed by atoms with E-state index in [0.717, 1.165) is 32.2 Å². The second kappa shape index (κ2) is 4.84. The van der Waals surface area contributed by atoms with Gasteiger partial charge < -0.3 is 19.9 Å². The van der Waals surface area contributed by atoms with E-state index in [0.29, 0.717) is 5.41 Å². The van der Waals surface area contributed by atoms with E-state index >= 15 is 0 Å². The van der Waals surface area contributed by atoms with Gasteiger partial charge in [0.1, 0.15) is 0 Å². The predicted octanol–water partition coefficient (Wildman–Crippen LogP) is -0.140. The van der Waals surface area contributed by atoms with Gasteiger partial charge in [-0.15, -0.1) is 0 Å². The molecular weight excluding hydrogens is 214 g/mol. The van der Waals surface area contributed by atoms with E-state index in [2.05, 4.69) is 22.2 Å². The van der Waals surface area contributed by atoms with Gasteiger partial charge in [-0.2, -0.15) is 0 Å². The minimum atomic E-state index is 0.474. The van der Waals surface area contributed by atoms with E-state index in [-0.39, 0.29) is 0 Å². The van der Waals surface area contributed by atoms with E-state index in [9.17, 15) is 0 Å². The summed E-state index contributed by atoms with van der Waals surface area (Å²) in [6, 6.07) is 0. The molecule has 17 heavy (non-hydrogen) atoms. The van der Waals surface area contributed by atoms with Crippen LogP contribution in [0.15, 0.2) is 0 Å². The van der Waals surface area contributed by atoms with Gasteiger partial charge in [-0.1, -0.05) is 0 Å². The third kappa shape index (κ3) is 2.36. The van der Waals surface area contributed by atoms with Crippen LogP contribution in [0.25, 0.3) is 0 Å². The topological polar surface area (TPSA) is 27.7 Å². The summed E-state index contributed by atoms with van der Waals surface area (Å²) in [5.41, 5.74) is 0.474. The van der Waals surface area contributed by atoms with E-state index in [1.807, 2.05) is 0 Å². The fraction of sp³-hybridized carbons (Fsp3) is 1.00. The zero-order chi connectivity index (χ0) is 11.7. The smallest absolute Gasteiger partial charge is 0.0560 e. The lowest BCUT2D eigenvalue weighted by Crippen LogP contribution is -2.58. The molecule has 3 aliphatic heterocycles. The van der Waals surface area contributed by atoms with E-state index in [4.69, 9.17) is 4.74 Å². The standard InChI is InChI=1S/C13H25N3O/c1-15-5-2-12(8-15)13(10-17-11-13)9-16-6-3-14-4-7-16/h12,14H,2-11H2,1H3. The van der Waals surface area contributed by atoms with Crippen LogP contribution >= 0.6 is 0 Å². The normalized spacial score (nSPS) is 34.8. The molecule has 98 valence electrons. The first-order valence-electron chi connectivity index (χ1n) is 6.98. The van der Waals surface area contributed by atoms with E-state index in [1.165, 1.54) is 39.1 Å². The Kier molecular flexibility index (Phi) is 3.39. The Balaban J connectivity index is 1.61. The fourth-order valence-corrected chi connectivity index (χ4v) is 3.57. The lowest BCUT2D eigenvalue weighted by Gasteiger charge is -2.49. The van der Waals surface area contributed by atoms with Crippen LogP contribution in [-0.4, -0.2) is 75.9 Å². The molecule has 0 aliphatic carbocycles. The quantitative estimate of drug-likeness (QED) is 0.742. The maximum Gasteiger partial charge on any atom is 0.0560 e. The predicted molar refractivity (Wildman–Crippen MR) is 68.2 cm³/mol. The van der Waals surface area contributed by atoms with Crippen LogP contribution in [0.1, 0.15) is 6.42 Å². The van der Waals surface area contributed by atoms with Gasteiger partial charge in [0.2, 0.25) is 0 Å². The Morgan fingerprint density at radius 2 is 2.00 bits per heavy atom. The van der Waals surface area contributed by atoms with Crippen molar-refractivity contribution in [1.82, 2.24) is 15.1 Å². The zero-order valence-corrected chi connectivity index (χ0v) is 11.0. The minimum Gasteiger partial charge on any atom is -0.380 e.